The first-order valence-electron chi connectivity index (χ1n) is 7.16. The smallest absolute Gasteiger partial charge is 0.210 e. The Kier molecular flexibility index (Phi) is 4.14. The van der Waals surface area contributed by atoms with Gasteiger partial charge in [-0.15, -0.1) is 11.3 Å². The Balaban J connectivity index is 1.70. The molecule has 114 valence electrons. The number of nitrogens with two attached hydrogens (primary N) is 1. The average Bonchev–Trinajstić information content (AvgIpc) is 3.06. The Morgan fingerprint density at radius 1 is 1.29 bits per heavy atom. The number of hydrogen-bond acceptors (Lipinski definition) is 6. The summed E-state index contributed by atoms with van der Waals surface area (Å²) in [6, 6.07) is 5.28. The fourth-order valence-corrected chi connectivity index (χ4v) is 5.32. The highest BCUT2D eigenvalue weighted by Crippen LogP contribution is 2.28. The molecular formula is C14H19N3O2S2. The van der Waals surface area contributed by atoms with Crippen molar-refractivity contribution in [2.24, 2.45) is 0 Å². The minimum Gasteiger partial charge on any atom is -0.399 e. The van der Waals surface area contributed by atoms with Crippen LogP contribution in [-0.4, -0.2) is 43.7 Å². The summed E-state index contributed by atoms with van der Waals surface area (Å²) < 4.78 is 25.8. The van der Waals surface area contributed by atoms with Gasteiger partial charge in [0.1, 0.15) is 0 Å². The maximum atomic E-state index is 12.4. The van der Waals surface area contributed by atoms with Crippen LogP contribution in [0, 0.1) is 0 Å². The minimum absolute atomic E-state index is 0.165. The van der Waals surface area contributed by atoms with Crippen molar-refractivity contribution in [2.45, 2.75) is 23.6 Å². The predicted molar refractivity (Wildman–Crippen MR) is 86.4 cm³/mol. The zero-order valence-corrected chi connectivity index (χ0v) is 13.4. The van der Waals surface area contributed by atoms with E-state index >= 15 is 0 Å². The number of aromatic nitrogens is 1. The van der Waals surface area contributed by atoms with Crippen molar-refractivity contribution in [1.29, 1.82) is 0 Å². The average molecular weight is 325 g/mol. The minimum atomic E-state index is -3.29. The van der Waals surface area contributed by atoms with Gasteiger partial charge in [0.15, 0.2) is 0 Å². The molecule has 2 aromatic rings. The highest BCUT2D eigenvalue weighted by Gasteiger charge is 2.20. The van der Waals surface area contributed by atoms with E-state index in [-0.39, 0.29) is 10.1 Å². The van der Waals surface area contributed by atoms with Gasteiger partial charge in [-0.1, -0.05) is 0 Å². The first kappa shape index (κ1) is 14.7. The van der Waals surface area contributed by atoms with Gasteiger partial charge in [0.2, 0.25) is 14.2 Å². The highest BCUT2D eigenvalue weighted by atomic mass is 32.2. The van der Waals surface area contributed by atoms with Gasteiger partial charge in [-0.25, -0.2) is 13.4 Å². The molecule has 0 aliphatic carbocycles. The summed E-state index contributed by atoms with van der Waals surface area (Å²) in [5, 5.41) is 0. The molecule has 3 rings (SSSR count). The molecule has 0 spiro atoms. The number of likely N-dealkylation sites (tertiary alicyclic amines) is 1. The van der Waals surface area contributed by atoms with Gasteiger partial charge in [-0.3, -0.25) is 0 Å². The molecule has 2 heterocycles. The number of benzene rings is 1. The van der Waals surface area contributed by atoms with Gasteiger partial charge in [0.25, 0.3) is 0 Å². The summed E-state index contributed by atoms with van der Waals surface area (Å²) >= 11 is 1.21. The maximum absolute atomic E-state index is 12.4. The molecule has 21 heavy (non-hydrogen) atoms. The lowest BCUT2D eigenvalue weighted by molar-refractivity contribution is 0.340. The number of rotatable bonds is 5. The van der Waals surface area contributed by atoms with Crippen LogP contribution in [0.5, 0.6) is 0 Å². The zero-order chi connectivity index (χ0) is 14.9. The van der Waals surface area contributed by atoms with Gasteiger partial charge in [-0.2, -0.15) is 0 Å². The van der Waals surface area contributed by atoms with Crippen LogP contribution in [0.15, 0.2) is 22.5 Å². The standard InChI is InChI=1S/C14H19N3O2S2/c15-11-4-5-12-13(10-11)20-14(16-12)21(18,19)9-3-8-17-6-1-2-7-17/h4-5,10H,1-3,6-9,15H2. The molecule has 0 saturated carbocycles. The Hall–Kier alpha value is -1.18. The molecular weight excluding hydrogens is 306 g/mol. The monoisotopic (exact) mass is 325 g/mol. The van der Waals surface area contributed by atoms with Crippen molar-refractivity contribution in [3.63, 3.8) is 0 Å². The number of nitrogen functional groups attached to an aromatic ring is 1. The van der Waals surface area contributed by atoms with Crippen molar-refractivity contribution in [3.8, 4) is 0 Å². The van der Waals surface area contributed by atoms with E-state index in [1.165, 1.54) is 24.2 Å². The lowest BCUT2D eigenvalue weighted by atomic mass is 10.3. The van der Waals surface area contributed by atoms with E-state index in [9.17, 15) is 8.42 Å². The van der Waals surface area contributed by atoms with Gasteiger partial charge in [0, 0.05) is 5.69 Å². The number of fused-ring (bicyclic) bond motifs is 1. The Morgan fingerprint density at radius 3 is 2.81 bits per heavy atom. The van der Waals surface area contributed by atoms with Crippen molar-refractivity contribution in [3.05, 3.63) is 18.2 Å². The van der Waals surface area contributed by atoms with Gasteiger partial charge < -0.3 is 10.6 Å². The molecule has 5 nitrogen and oxygen atoms in total. The molecule has 0 bridgehead atoms. The molecule has 0 radical (unpaired) electrons. The Labute approximate surface area is 128 Å². The zero-order valence-electron chi connectivity index (χ0n) is 11.8. The summed E-state index contributed by atoms with van der Waals surface area (Å²) in [6.07, 6.45) is 3.12. The first-order chi connectivity index (χ1) is 10.0. The molecule has 1 saturated heterocycles. The maximum Gasteiger partial charge on any atom is 0.210 e. The van der Waals surface area contributed by atoms with Gasteiger partial charge in [-0.05, 0) is 57.1 Å². The van der Waals surface area contributed by atoms with Crippen molar-refractivity contribution < 1.29 is 8.42 Å². The first-order valence-corrected chi connectivity index (χ1v) is 9.63. The molecule has 1 aliphatic heterocycles. The van der Waals surface area contributed by atoms with E-state index in [0.29, 0.717) is 17.6 Å². The van der Waals surface area contributed by atoms with E-state index < -0.39 is 9.84 Å². The number of nitrogens with zero attached hydrogens (tertiary/aromatic N) is 2. The van der Waals surface area contributed by atoms with Gasteiger partial charge in [0.05, 0.1) is 16.0 Å². The van der Waals surface area contributed by atoms with E-state index in [1.807, 2.05) is 0 Å². The molecule has 0 atom stereocenters. The SMILES string of the molecule is Nc1ccc2nc(S(=O)(=O)CCCN3CCCC3)sc2c1. The third kappa shape index (κ3) is 3.36. The normalized spacial score (nSPS) is 16.8. The van der Waals surface area contributed by atoms with Crippen LogP contribution in [0.1, 0.15) is 19.3 Å². The largest absolute Gasteiger partial charge is 0.399 e. The van der Waals surface area contributed by atoms with E-state index in [1.54, 1.807) is 18.2 Å². The third-order valence-corrected chi connectivity index (χ3v) is 7.02. The molecule has 0 amide bonds. The lowest BCUT2D eigenvalue weighted by Crippen LogP contribution is -2.22. The summed E-state index contributed by atoms with van der Waals surface area (Å²) in [5.41, 5.74) is 7.05. The second-order valence-corrected chi connectivity index (χ2v) is 8.74. The molecule has 7 heteroatoms. The number of thiazole rings is 1. The second-order valence-electron chi connectivity index (χ2n) is 5.43. The van der Waals surface area contributed by atoms with Crippen LogP contribution in [0.2, 0.25) is 0 Å². The number of sulfone groups is 1. The lowest BCUT2D eigenvalue weighted by Gasteiger charge is -2.13. The van der Waals surface area contributed by atoms with Crippen LogP contribution in [0.3, 0.4) is 0 Å². The topological polar surface area (TPSA) is 76.3 Å². The molecule has 1 aromatic carbocycles. The van der Waals surface area contributed by atoms with Crippen LogP contribution >= 0.6 is 11.3 Å². The second kappa shape index (κ2) is 5.90. The quantitative estimate of drug-likeness (QED) is 0.852. The number of hydrogen-bond donors (Lipinski definition) is 1. The highest BCUT2D eigenvalue weighted by molar-refractivity contribution is 7.93. The summed E-state index contributed by atoms with van der Waals surface area (Å²) in [7, 11) is -3.29. The van der Waals surface area contributed by atoms with Crippen LogP contribution in [0.4, 0.5) is 5.69 Å². The molecule has 2 N–H and O–H groups in total. The number of anilines is 1. The Bertz CT molecular complexity index is 734. The van der Waals surface area contributed by atoms with Crippen molar-refractivity contribution in [1.82, 2.24) is 9.88 Å². The fraction of sp³-hybridized carbons (Fsp3) is 0.500. The van der Waals surface area contributed by atoms with E-state index in [4.69, 9.17) is 5.73 Å². The third-order valence-electron chi connectivity index (χ3n) is 3.75. The molecule has 1 aromatic heterocycles. The van der Waals surface area contributed by atoms with Crippen molar-refractivity contribution in [2.75, 3.05) is 31.1 Å². The fourth-order valence-electron chi connectivity index (χ4n) is 2.62. The molecule has 1 fully saturated rings. The van der Waals surface area contributed by atoms with Crippen LogP contribution < -0.4 is 5.73 Å². The summed E-state index contributed by atoms with van der Waals surface area (Å²) in [4.78, 5) is 6.57. The predicted octanol–water partition coefficient (Wildman–Crippen LogP) is 2.14. The molecule has 1 aliphatic rings. The van der Waals surface area contributed by atoms with Gasteiger partial charge >= 0.3 is 0 Å². The van der Waals surface area contributed by atoms with Crippen LogP contribution in [0.25, 0.3) is 10.2 Å². The van der Waals surface area contributed by atoms with Crippen molar-refractivity contribution >= 4 is 37.1 Å². The summed E-state index contributed by atoms with van der Waals surface area (Å²) in [5.74, 6) is 0.165. The van der Waals surface area contributed by atoms with Crippen LogP contribution in [-0.2, 0) is 9.84 Å². The van der Waals surface area contributed by atoms with E-state index in [2.05, 4.69) is 9.88 Å². The molecule has 0 unspecified atom stereocenters. The summed E-state index contributed by atoms with van der Waals surface area (Å²) in [6.45, 7) is 3.05. The Morgan fingerprint density at radius 2 is 2.05 bits per heavy atom. The van der Waals surface area contributed by atoms with E-state index in [0.717, 1.165) is 24.3 Å².